The molecule has 19 heavy (non-hydrogen) atoms. The summed E-state index contributed by atoms with van der Waals surface area (Å²) in [6, 6.07) is 10.8. The predicted octanol–water partition coefficient (Wildman–Crippen LogP) is 3.35. The van der Waals surface area contributed by atoms with Crippen molar-refractivity contribution in [2.24, 2.45) is 0 Å². The molecule has 0 amide bonds. The van der Waals surface area contributed by atoms with Crippen molar-refractivity contribution >= 4 is 11.9 Å². The molecule has 0 aliphatic heterocycles. The molecule has 94 valence electrons. The minimum Gasteiger partial charge on any atom is -0.508 e. The SMILES string of the molecule is O=C1/C(=C/c2ccc(F)cc2)Cc2cc(O)ccc21. The van der Waals surface area contributed by atoms with Gasteiger partial charge in [-0.2, -0.15) is 0 Å². The first-order chi connectivity index (χ1) is 9.13. The Kier molecular flexibility index (Phi) is 2.67. The van der Waals surface area contributed by atoms with Gasteiger partial charge in [0.1, 0.15) is 11.6 Å². The van der Waals surface area contributed by atoms with Gasteiger partial charge in [0, 0.05) is 17.6 Å². The first kappa shape index (κ1) is 11.7. The summed E-state index contributed by atoms with van der Waals surface area (Å²) in [6.45, 7) is 0. The lowest BCUT2D eigenvalue weighted by atomic mass is 10.1. The Bertz CT molecular complexity index is 684. The number of hydrogen-bond donors (Lipinski definition) is 1. The highest BCUT2D eigenvalue weighted by molar-refractivity contribution is 6.15. The van der Waals surface area contributed by atoms with Gasteiger partial charge in [0.05, 0.1) is 0 Å². The van der Waals surface area contributed by atoms with Crippen molar-refractivity contribution in [1.82, 2.24) is 0 Å². The smallest absolute Gasteiger partial charge is 0.189 e. The van der Waals surface area contributed by atoms with Gasteiger partial charge in [-0.15, -0.1) is 0 Å². The summed E-state index contributed by atoms with van der Waals surface area (Å²) in [7, 11) is 0. The Balaban J connectivity index is 1.97. The van der Waals surface area contributed by atoms with Crippen LogP contribution in [0.15, 0.2) is 48.0 Å². The number of rotatable bonds is 1. The van der Waals surface area contributed by atoms with Gasteiger partial charge in [0.15, 0.2) is 5.78 Å². The summed E-state index contributed by atoms with van der Waals surface area (Å²) >= 11 is 0. The van der Waals surface area contributed by atoms with Crippen LogP contribution < -0.4 is 0 Å². The number of carbonyl (C=O) groups excluding carboxylic acids is 1. The van der Waals surface area contributed by atoms with Gasteiger partial charge in [-0.05, 0) is 47.5 Å². The van der Waals surface area contributed by atoms with Crippen molar-refractivity contribution in [3.63, 3.8) is 0 Å². The molecule has 0 saturated heterocycles. The van der Waals surface area contributed by atoms with E-state index in [1.807, 2.05) is 0 Å². The Morgan fingerprint density at radius 3 is 2.58 bits per heavy atom. The standard InChI is InChI=1S/C16H11FO2/c17-13-3-1-10(2-4-13)7-12-8-11-9-14(18)5-6-15(11)16(12)19/h1-7,9,18H,8H2/b12-7+. The molecule has 1 N–H and O–H groups in total. The van der Waals surface area contributed by atoms with Crippen molar-refractivity contribution < 1.29 is 14.3 Å². The number of aromatic hydroxyl groups is 1. The van der Waals surface area contributed by atoms with E-state index in [4.69, 9.17) is 0 Å². The molecule has 0 atom stereocenters. The highest BCUT2D eigenvalue weighted by atomic mass is 19.1. The fraction of sp³-hybridized carbons (Fsp3) is 0.0625. The number of allylic oxidation sites excluding steroid dienone is 1. The van der Waals surface area contributed by atoms with Gasteiger partial charge in [-0.3, -0.25) is 4.79 Å². The molecule has 0 radical (unpaired) electrons. The second-order valence-electron chi connectivity index (χ2n) is 4.57. The summed E-state index contributed by atoms with van der Waals surface area (Å²) < 4.78 is 12.8. The quantitative estimate of drug-likeness (QED) is 0.792. The molecule has 0 aromatic heterocycles. The third-order valence-electron chi connectivity index (χ3n) is 3.22. The summed E-state index contributed by atoms with van der Waals surface area (Å²) in [4.78, 5) is 12.2. The zero-order valence-electron chi connectivity index (χ0n) is 10.1. The van der Waals surface area contributed by atoms with Crippen LogP contribution in [-0.2, 0) is 6.42 Å². The van der Waals surface area contributed by atoms with Crippen LogP contribution in [0.3, 0.4) is 0 Å². The van der Waals surface area contributed by atoms with E-state index in [1.165, 1.54) is 18.2 Å². The van der Waals surface area contributed by atoms with Crippen LogP contribution >= 0.6 is 0 Å². The lowest BCUT2D eigenvalue weighted by molar-refractivity contribution is 0.104. The fourth-order valence-electron chi connectivity index (χ4n) is 2.28. The van der Waals surface area contributed by atoms with Gasteiger partial charge in [-0.25, -0.2) is 4.39 Å². The van der Waals surface area contributed by atoms with Crippen LogP contribution in [0, 0.1) is 5.82 Å². The van der Waals surface area contributed by atoms with Crippen molar-refractivity contribution in [2.75, 3.05) is 0 Å². The van der Waals surface area contributed by atoms with Crippen LogP contribution in [0.5, 0.6) is 5.75 Å². The molecule has 1 aliphatic rings. The zero-order valence-corrected chi connectivity index (χ0v) is 10.1. The lowest BCUT2D eigenvalue weighted by Gasteiger charge is -1.96. The van der Waals surface area contributed by atoms with E-state index < -0.39 is 0 Å². The van der Waals surface area contributed by atoms with Crippen LogP contribution in [0.2, 0.25) is 0 Å². The minimum atomic E-state index is -0.298. The summed E-state index contributed by atoms with van der Waals surface area (Å²) in [6.07, 6.45) is 2.26. The van der Waals surface area contributed by atoms with E-state index in [0.717, 1.165) is 11.1 Å². The van der Waals surface area contributed by atoms with Crippen molar-refractivity contribution in [3.8, 4) is 5.75 Å². The summed E-state index contributed by atoms with van der Waals surface area (Å²) in [5, 5.41) is 9.42. The number of carbonyl (C=O) groups is 1. The molecule has 0 heterocycles. The maximum absolute atomic E-state index is 12.8. The number of ketones is 1. The molecule has 2 aromatic rings. The number of fused-ring (bicyclic) bond motifs is 1. The van der Waals surface area contributed by atoms with E-state index in [1.54, 1.807) is 30.3 Å². The van der Waals surface area contributed by atoms with E-state index in [-0.39, 0.29) is 17.3 Å². The second-order valence-corrected chi connectivity index (χ2v) is 4.57. The Morgan fingerprint density at radius 2 is 1.84 bits per heavy atom. The number of benzene rings is 2. The molecule has 3 heteroatoms. The van der Waals surface area contributed by atoms with Crippen molar-refractivity contribution in [1.29, 1.82) is 0 Å². The number of Topliss-reactive ketones (excluding diaryl/α,β-unsaturated/α-hetero) is 1. The number of phenols is 1. The predicted molar refractivity (Wildman–Crippen MR) is 70.5 cm³/mol. The van der Waals surface area contributed by atoms with Gasteiger partial charge >= 0.3 is 0 Å². The molecule has 0 unspecified atom stereocenters. The Morgan fingerprint density at radius 1 is 1.11 bits per heavy atom. The van der Waals surface area contributed by atoms with Crippen LogP contribution in [0.1, 0.15) is 21.5 Å². The van der Waals surface area contributed by atoms with Crippen molar-refractivity contribution in [3.05, 3.63) is 70.5 Å². The Hall–Kier alpha value is -2.42. The maximum Gasteiger partial charge on any atom is 0.189 e. The molecule has 3 rings (SSSR count). The normalized spacial score (nSPS) is 15.8. The molecular weight excluding hydrogens is 243 g/mol. The Labute approximate surface area is 109 Å². The van der Waals surface area contributed by atoms with Gasteiger partial charge in [0.2, 0.25) is 0 Å². The highest BCUT2D eigenvalue weighted by Crippen LogP contribution is 2.30. The molecule has 0 saturated carbocycles. The van der Waals surface area contributed by atoms with Crippen LogP contribution in [0.4, 0.5) is 4.39 Å². The van der Waals surface area contributed by atoms with Gasteiger partial charge < -0.3 is 5.11 Å². The van der Waals surface area contributed by atoms with E-state index in [0.29, 0.717) is 17.6 Å². The van der Waals surface area contributed by atoms with Gasteiger partial charge in [0.25, 0.3) is 0 Å². The highest BCUT2D eigenvalue weighted by Gasteiger charge is 2.24. The molecule has 2 aromatic carbocycles. The number of phenolic OH excluding ortho intramolecular Hbond substituents is 1. The average molecular weight is 254 g/mol. The first-order valence-electron chi connectivity index (χ1n) is 5.96. The van der Waals surface area contributed by atoms with E-state index in [9.17, 15) is 14.3 Å². The zero-order chi connectivity index (χ0) is 13.4. The minimum absolute atomic E-state index is 0.0284. The topological polar surface area (TPSA) is 37.3 Å². The van der Waals surface area contributed by atoms with E-state index >= 15 is 0 Å². The van der Waals surface area contributed by atoms with Crippen molar-refractivity contribution in [2.45, 2.75) is 6.42 Å². The number of hydrogen-bond acceptors (Lipinski definition) is 2. The van der Waals surface area contributed by atoms with Crippen LogP contribution in [0.25, 0.3) is 6.08 Å². The molecule has 0 bridgehead atoms. The lowest BCUT2D eigenvalue weighted by Crippen LogP contribution is -1.94. The molecule has 2 nitrogen and oxygen atoms in total. The van der Waals surface area contributed by atoms with E-state index in [2.05, 4.69) is 0 Å². The fourth-order valence-corrected chi connectivity index (χ4v) is 2.28. The van der Waals surface area contributed by atoms with Crippen LogP contribution in [-0.4, -0.2) is 10.9 Å². The van der Waals surface area contributed by atoms with Gasteiger partial charge in [-0.1, -0.05) is 12.1 Å². The molecular formula is C16H11FO2. The largest absolute Gasteiger partial charge is 0.508 e. The molecule has 0 fully saturated rings. The maximum atomic E-state index is 12.8. The monoisotopic (exact) mass is 254 g/mol. The molecule has 1 aliphatic carbocycles. The summed E-state index contributed by atoms with van der Waals surface area (Å²) in [5.74, 6) is -0.165. The number of halogens is 1. The average Bonchev–Trinajstić information content (AvgIpc) is 2.68. The third kappa shape index (κ3) is 2.15. The third-order valence-corrected chi connectivity index (χ3v) is 3.22. The summed E-state index contributed by atoms with van der Waals surface area (Å²) in [5.41, 5.74) is 2.92. The molecule has 0 spiro atoms. The first-order valence-corrected chi connectivity index (χ1v) is 5.96. The second kappa shape index (κ2) is 4.35.